The van der Waals surface area contributed by atoms with Crippen molar-refractivity contribution in [2.75, 3.05) is 14.2 Å². The van der Waals surface area contributed by atoms with Gasteiger partial charge in [0.15, 0.2) is 0 Å². The van der Waals surface area contributed by atoms with Crippen LogP contribution in [-0.4, -0.2) is 42.5 Å². The molecule has 0 aliphatic carbocycles. The summed E-state index contributed by atoms with van der Waals surface area (Å²) in [6.45, 7) is 7.86. The van der Waals surface area contributed by atoms with Crippen molar-refractivity contribution >= 4 is 11.8 Å². The van der Waals surface area contributed by atoms with E-state index < -0.39 is 6.04 Å². The average Bonchev–Trinajstić information content (AvgIpc) is 2.71. The summed E-state index contributed by atoms with van der Waals surface area (Å²) in [6.07, 6.45) is 0.202. The van der Waals surface area contributed by atoms with E-state index >= 15 is 0 Å². The molecule has 0 saturated carbocycles. The lowest BCUT2D eigenvalue weighted by Gasteiger charge is -2.31. The Bertz CT molecular complexity index is 839. The third kappa shape index (κ3) is 6.79. The predicted octanol–water partition coefficient (Wildman–Crippen LogP) is 3.58. The predicted molar refractivity (Wildman–Crippen MR) is 118 cm³/mol. The van der Waals surface area contributed by atoms with Gasteiger partial charge in [-0.05, 0) is 63.1 Å². The number of hydrogen-bond acceptors (Lipinski definition) is 4. The fourth-order valence-electron chi connectivity index (χ4n) is 3.00. The van der Waals surface area contributed by atoms with E-state index in [9.17, 15) is 9.59 Å². The highest BCUT2D eigenvalue weighted by atomic mass is 16.5. The summed E-state index contributed by atoms with van der Waals surface area (Å²) < 4.78 is 10.4. The first-order chi connectivity index (χ1) is 14.1. The third-order valence-corrected chi connectivity index (χ3v) is 4.69. The molecule has 1 atom stereocenters. The molecule has 2 aromatic carbocycles. The summed E-state index contributed by atoms with van der Waals surface area (Å²) in [5.74, 6) is 1.18. The SMILES string of the molecule is COc1ccc(CC(=O)N(Cc2ccc(OC)cc2)[C@H](C)C(=O)NC(C)(C)C)cc1. The van der Waals surface area contributed by atoms with Crippen LogP contribution >= 0.6 is 0 Å². The molecular weight excluding hydrogens is 380 g/mol. The molecule has 0 bridgehead atoms. The van der Waals surface area contributed by atoms with Gasteiger partial charge in [-0.25, -0.2) is 0 Å². The van der Waals surface area contributed by atoms with Gasteiger partial charge in [0.05, 0.1) is 20.6 Å². The van der Waals surface area contributed by atoms with E-state index in [0.29, 0.717) is 6.54 Å². The van der Waals surface area contributed by atoms with E-state index in [1.54, 1.807) is 26.0 Å². The normalized spacial score (nSPS) is 12.1. The minimum Gasteiger partial charge on any atom is -0.497 e. The van der Waals surface area contributed by atoms with E-state index in [1.165, 1.54) is 0 Å². The van der Waals surface area contributed by atoms with Crippen LogP contribution in [-0.2, 0) is 22.6 Å². The highest BCUT2D eigenvalue weighted by molar-refractivity contribution is 5.88. The van der Waals surface area contributed by atoms with Crippen molar-refractivity contribution in [1.29, 1.82) is 0 Å². The van der Waals surface area contributed by atoms with E-state index in [1.807, 2.05) is 69.3 Å². The summed E-state index contributed by atoms with van der Waals surface area (Å²) in [4.78, 5) is 27.6. The minimum absolute atomic E-state index is 0.118. The number of amides is 2. The maximum atomic E-state index is 13.2. The van der Waals surface area contributed by atoms with Crippen molar-refractivity contribution < 1.29 is 19.1 Å². The molecule has 0 saturated heterocycles. The maximum absolute atomic E-state index is 13.2. The minimum atomic E-state index is -0.614. The van der Waals surface area contributed by atoms with E-state index in [4.69, 9.17) is 9.47 Å². The van der Waals surface area contributed by atoms with Crippen LogP contribution in [0.25, 0.3) is 0 Å². The quantitative estimate of drug-likeness (QED) is 0.720. The van der Waals surface area contributed by atoms with Gasteiger partial charge in [0.1, 0.15) is 17.5 Å². The molecule has 2 rings (SSSR count). The Kier molecular flexibility index (Phi) is 7.86. The van der Waals surface area contributed by atoms with Gasteiger partial charge in [-0.1, -0.05) is 24.3 Å². The van der Waals surface area contributed by atoms with E-state index in [0.717, 1.165) is 22.6 Å². The molecule has 1 N–H and O–H groups in total. The summed E-state index contributed by atoms with van der Waals surface area (Å²) in [7, 11) is 3.21. The molecule has 2 aromatic rings. The van der Waals surface area contributed by atoms with Crippen LogP contribution in [0, 0.1) is 0 Å². The van der Waals surface area contributed by atoms with Crippen LogP contribution in [0.4, 0.5) is 0 Å². The zero-order valence-electron chi connectivity index (χ0n) is 18.7. The van der Waals surface area contributed by atoms with Crippen LogP contribution in [0.15, 0.2) is 48.5 Å². The van der Waals surface area contributed by atoms with Crippen molar-refractivity contribution in [3.8, 4) is 11.5 Å². The molecule has 6 heteroatoms. The first-order valence-corrected chi connectivity index (χ1v) is 10.0. The number of nitrogens with one attached hydrogen (secondary N) is 1. The lowest BCUT2D eigenvalue weighted by molar-refractivity contribution is -0.140. The summed E-state index contributed by atoms with van der Waals surface area (Å²) in [5.41, 5.74) is 1.41. The van der Waals surface area contributed by atoms with Gasteiger partial charge in [0.25, 0.3) is 0 Å². The van der Waals surface area contributed by atoms with Gasteiger partial charge in [0.2, 0.25) is 11.8 Å². The number of carbonyl (C=O) groups excluding carboxylic acids is 2. The smallest absolute Gasteiger partial charge is 0.242 e. The fraction of sp³-hybridized carbons (Fsp3) is 0.417. The van der Waals surface area contributed by atoms with Crippen molar-refractivity contribution in [2.45, 2.75) is 52.2 Å². The average molecular weight is 413 g/mol. The van der Waals surface area contributed by atoms with Gasteiger partial charge in [-0.3, -0.25) is 9.59 Å². The van der Waals surface area contributed by atoms with Crippen LogP contribution in [0.2, 0.25) is 0 Å². The second kappa shape index (κ2) is 10.1. The van der Waals surface area contributed by atoms with Crippen molar-refractivity contribution in [3.05, 3.63) is 59.7 Å². The Morgan fingerprint density at radius 2 is 1.37 bits per heavy atom. The second-order valence-electron chi connectivity index (χ2n) is 8.31. The lowest BCUT2D eigenvalue weighted by Crippen LogP contribution is -2.52. The molecule has 162 valence electrons. The monoisotopic (exact) mass is 412 g/mol. The zero-order chi connectivity index (χ0) is 22.3. The first-order valence-electron chi connectivity index (χ1n) is 10.0. The number of hydrogen-bond donors (Lipinski definition) is 1. The van der Waals surface area contributed by atoms with Gasteiger partial charge in [0, 0.05) is 12.1 Å². The lowest BCUT2D eigenvalue weighted by atomic mass is 10.1. The van der Waals surface area contributed by atoms with Crippen LogP contribution in [0.1, 0.15) is 38.8 Å². The van der Waals surface area contributed by atoms with Crippen molar-refractivity contribution in [2.24, 2.45) is 0 Å². The Balaban J connectivity index is 2.23. The molecule has 0 aliphatic rings. The van der Waals surface area contributed by atoms with Gasteiger partial charge >= 0.3 is 0 Å². The van der Waals surface area contributed by atoms with Crippen LogP contribution in [0.5, 0.6) is 11.5 Å². The van der Waals surface area contributed by atoms with Crippen LogP contribution in [0.3, 0.4) is 0 Å². The number of carbonyl (C=O) groups is 2. The second-order valence-corrected chi connectivity index (χ2v) is 8.31. The maximum Gasteiger partial charge on any atom is 0.242 e. The number of nitrogens with zero attached hydrogens (tertiary/aromatic N) is 1. The van der Waals surface area contributed by atoms with Crippen LogP contribution < -0.4 is 14.8 Å². The largest absolute Gasteiger partial charge is 0.497 e. The molecule has 0 aromatic heterocycles. The molecule has 0 fully saturated rings. The van der Waals surface area contributed by atoms with E-state index in [-0.39, 0.29) is 23.8 Å². The summed E-state index contributed by atoms with van der Waals surface area (Å²) >= 11 is 0. The van der Waals surface area contributed by atoms with Crippen molar-refractivity contribution in [1.82, 2.24) is 10.2 Å². The Labute approximate surface area is 179 Å². The molecule has 6 nitrogen and oxygen atoms in total. The summed E-state index contributed by atoms with van der Waals surface area (Å²) in [6, 6.07) is 14.3. The number of benzene rings is 2. The third-order valence-electron chi connectivity index (χ3n) is 4.69. The molecule has 2 amide bonds. The fourth-order valence-corrected chi connectivity index (χ4v) is 3.00. The Hall–Kier alpha value is -3.02. The zero-order valence-corrected chi connectivity index (χ0v) is 18.7. The Morgan fingerprint density at radius 1 is 0.900 bits per heavy atom. The molecule has 0 unspecified atom stereocenters. The number of ether oxygens (including phenoxy) is 2. The molecular formula is C24H32N2O4. The first kappa shape index (κ1) is 23.3. The van der Waals surface area contributed by atoms with Crippen molar-refractivity contribution in [3.63, 3.8) is 0 Å². The number of rotatable bonds is 8. The molecule has 0 aliphatic heterocycles. The molecule has 0 radical (unpaired) electrons. The summed E-state index contributed by atoms with van der Waals surface area (Å²) in [5, 5.41) is 2.97. The highest BCUT2D eigenvalue weighted by Gasteiger charge is 2.28. The van der Waals surface area contributed by atoms with Gasteiger partial charge < -0.3 is 19.7 Å². The highest BCUT2D eigenvalue weighted by Crippen LogP contribution is 2.18. The molecule has 30 heavy (non-hydrogen) atoms. The van der Waals surface area contributed by atoms with Gasteiger partial charge in [-0.15, -0.1) is 0 Å². The molecule has 0 spiro atoms. The number of methoxy groups -OCH3 is 2. The standard InChI is InChI=1S/C24H32N2O4/c1-17(23(28)25-24(2,3)4)26(16-19-9-13-21(30-6)14-10-19)22(27)15-18-7-11-20(29-5)12-8-18/h7-14,17H,15-16H2,1-6H3,(H,25,28)/t17-/m1/s1. The van der Waals surface area contributed by atoms with E-state index in [2.05, 4.69) is 5.32 Å². The Morgan fingerprint density at radius 3 is 1.80 bits per heavy atom. The molecule has 0 heterocycles. The van der Waals surface area contributed by atoms with Gasteiger partial charge in [-0.2, -0.15) is 0 Å². The topological polar surface area (TPSA) is 67.9 Å².